The standard InChI is InChI=1S/C29H42F3N7O2Si/c1-19-26(39-27(34-19)23(33)16-25(36-39)38-12-14-40-15-13-38)35-24-9-7-8-22(29(30,31)32)21(24)18-37-11-10-20(17-37)41-42(5,6)28(2,3)4/h7-9,16,20,35H,10-15,17-18,33H2,1-6H3. The number of alkyl halides is 3. The molecule has 5 rings (SSSR count). The molecule has 42 heavy (non-hydrogen) atoms. The van der Waals surface area contributed by atoms with Gasteiger partial charge in [0.15, 0.2) is 25.6 Å². The molecule has 2 aromatic heterocycles. The first-order chi connectivity index (χ1) is 19.6. The number of nitrogens with one attached hydrogen (secondary N) is 1. The number of benzene rings is 1. The molecule has 230 valence electrons. The zero-order valence-electron chi connectivity index (χ0n) is 25.3. The van der Waals surface area contributed by atoms with Crippen molar-refractivity contribution < 1.29 is 22.3 Å². The van der Waals surface area contributed by atoms with Crippen molar-refractivity contribution in [3.8, 4) is 0 Å². The van der Waals surface area contributed by atoms with E-state index in [1.54, 1.807) is 23.6 Å². The van der Waals surface area contributed by atoms with Crippen LogP contribution in [-0.4, -0.2) is 73.3 Å². The molecule has 1 atom stereocenters. The highest BCUT2D eigenvalue weighted by Crippen LogP contribution is 2.40. The summed E-state index contributed by atoms with van der Waals surface area (Å²) in [4.78, 5) is 8.72. The van der Waals surface area contributed by atoms with Gasteiger partial charge in [0.2, 0.25) is 0 Å². The first-order valence-electron chi connectivity index (χ1n) is 14.5. The number of morpholine rings is 1. The fourth-order valence-corrected chi connectivity index (χ4v) is 6.73. The number of aryl methyl sites for hydroxylation is 1. The number of halogens is 3. The molecule has 4 heterocycles. The molecule has 1 aromatic carbocycles. The number of fused-ring (bicyclic) bond motifs is 1. The summed E-state index contributed by atoms with van der Waals surface area (Å²) in [5, 5.41) is 8.11. The van der Waals surface area contributed by atoms with E-state index in [1.807, 2.05) is 0 Å². The van der Waals surface area contributed by atoms with E-state index in [-0.39, 0.29) is 23.3 Å². The van der Waals surface area contributed by atoms with Crippen LogP contribution < -0.4 is 16.0 Å². The molecule has 2 fully saturated rings. The van der Waals surface area contributed by atoms with Gasteiger partial charge in [0.05, 0.1) is 36.3 Å². The van der Waals surface area contributed by atoms with E-state index < -0.39 is 20.1 Å². The Hall–Kier alpha value is -2.87. The number of nitrogens with two attached hydrogens (primary N) is 1. The third-order valence-corrected chi connectivity index (χ3v) is 13.3. The number of aromatic nitrogens is 3. The first kappa shape index (κ1) is 30.6. The van der Waals surface area contributed by atoms with Crippen LogP contribution in [0.15, 0.2) is 24.3 Å². The Morgan fingerprint density at radius 3 is 2.52 bits per heavy atom. The van der Waals surface area contributed by atoms with Crippen molar-refractivity contribution in [2.75, 3.05) is 55.3 Å². The van der Waals surface area contributed by atoms with Crippen LogP contribution in [-0.2, 0) is 21.9 Å². The maximum atomic E-state index is 14.3. The smallest absolute Gasteiger partial charge is 0.413 e. The third kappa shape index (κ3) is 6.24. The highest BCUT2D eigenvalue weighted by molar-refractivity contribution is 6.74. The summed E-state index contributed by atoms with van der Waals surface area (Å²) in [5.74, 6) is 1.14. The monoisotopic (exact) mass is 605 g/mol. The molecule has 0 spiro atoms. The largest absolute Gasteiger partial charge is 0.416 e. The van der Waals surface area contributed by atoms with Crippen LogP contribution in [0.5, 0.6) is 0 Å². The van der Waals surface area contributed by atoms with Gasteiger partial charge >= 0.3 is 6.18 Å². The molecule has 2 saturated heterocycles. The number of anilines is 4. The minimum atomic E-state index is -4.51. The fraction of sp³-hybridized carbons (Fsp3) is 0.586. The van der Waals surface area contributed by atoms with E-state index in [1.165, 1.54) is 6.07 Å². The van der Waals surface area contributed by atoms with Gasteiger partial charge in [0.25, 0.3) is 0 Å². The van der Waals surface area contributed by atoms with Gasteiger partial charge in [0.1, 0.15) is 0 Å². The molecule has 3 aromatic rings. The lowest BCUT2D eigenvalue weighted by atomic mass is 10.0. The molecule has 1 unspecified atom stereocenters. The van der Waals surface area contributed by atoms with Crippen molar-refractivity contribution in [1.82, 2.24) is 19.5 Å². The molecule has 2 aliphatic heterocycles. The summed E-state index contributed by atoms with van der Waals surface area (Å²) in [5.41, 5.74) is 7.73. The maximum Gasteiger partial charge on any atom is 0.416 e. The molecule has 3 N–H and O–H groups in total. The number of imidazole rings is 1. The van der Waals surface area contributed by atoms with Gasteiger partial charge in [-0.15, -0.1) is 5.10 Å². The minimum Gasteiger partial charge on any atom is -0.413 e. The maximum absolute atomic E-state index is 14.3. The summed E-state index contributed by atoms with van der Waals surface area (Å²) in [6, 6.07) is 6.04. The SMILES string of the molecule is Cc1nc2c(N)cc(N3CCOCC3)nn2c1Nc1cccc(C(F)(F)F)c1CN1CCC(O[Si](C)(C)C(C)(C)C)C1. The van der Waals surface area contributed by atoms with E-state index in [0.29, 0.717) is 73.7 Å². The summed E-state index contributed by atoms with van der Waals surface area (Å²) in [7, 11) is -2.00. The summed E-state index contributed by atoms with van der Waals surface area (Å²) < 4.78 is 56.6. The predicted molar refractivity (Wildman–Crippen MR) is 162 cm³/mol. The van der Waals surface area contributed by atoms with Gasteiger partial charge in [-0.25, -0.2) is 4.98 Å². The molecule has 13 heteroatoms. The molecule has 9 nitrogen and oxygen atoms in total. The molecule has 0 amide bonds. The quantitative estimate of drug-likeness (QED) is 0.326. The molecule has 0 aliphatic carbocycles. The van der Waals surface area contributed by atoms with Crippen LogP contribution in [0.3, 0.4) is 0 Å². The first-order valence-corrected chi connectivity index (χ1v) is 17.4. The van der Waals surface area contributed by atoms with Crippen molar-refractivity contribution in [3.05, 3.63) is 41.1 Å². The molecular weight excluding hydrogens is 563 g/mol. The van der Waals surface area contributed by atoms with Gasteiger partial charge in [0, 0.05) is 50.0 Å². The van der Waals surface area contributed by atoms with Crippen molar-refractivity contribution >= 4 is 37.0 Å². The molecule has 0 saturated carbocycles. The third-order valence-electron chi connectivity index (χ3n) is 8.72. The lowest BCUT2D eigenvalue weighted by Crippen LogP contribution is -2.44. The van der Waals surface area contributed by atoms with Crippen molar-refractivity contribution in [1.29, 1.82) is 0 Å². The van der Waals surface area contributed by atoms with Crippen LogP contribution in [0.25, 0.3) is 5.65 Å². The summed E-state index contributed by atoms with van der Waals surface area (Å²) in [6.07, 6.45) is -3.71. The highest BCUT2D eigenvalue weighted by Gasteiger charge is 2.41. The Morgan fingerprint density at radius 2 is 1.86 bits per heavy atom. The number of rotatable bonds is 7. The number of ether oxygens (including phenoxy) is 1. The van der Waals surface area contributed by atoms with Crippen molar-refractivity contribution in [2.45, 2.75) is 71.1 Å². The van der Waals surface area contributed by atoms with E-state index in [4.69, 9.17) is 20.0 Å². The Labute approximate surface area is 246 Å². The Balaban J connectivity index is 1.46. The molecule has 2 aliphatic rings. The van der Waals surface area contributed by atoms with Crippen LogP contribution >= 0.6 is 0 Å². The lowest BCUT2D eigenvalue weighted by Gasteiger charge is -2.38. The molecular formula is C29H42F3N7O2Si. The lowest BCUT2D eigenvalue weighted by molar-refractivity contribution is -0.138. The highest BCUT2D eigenvalue weighted by atomic mass is 28.4. The second kappa shape index (κ2) is 11.3. The Bertz CT molecular complexity index is 1430. The van der Waals surface area contributed by atoms with Gasteiger partial charge < -0.3 is 25.1 Å². The van der Waals surface area contributed by atoms with E-state index in [9.17, 15) is 13.2 Å². The van der Waals surface area contributed by atoms with Crippen molar-refractivity contribution in [3.63, 3.8) is 0 Å². The Morgan fingerprint density at radius 1 is 1.14 bits per heavy atom. The average Bonchev–Trinajstić information content (AvgIpc) is 3.47. The second-order valence-corrected chi connectivity index (χ2v) is 17.6. The number of likely N-dealkylation sites (tertiary alicyclic amines) is 1. The predicted octanol–water partition coefficient (Wildman–Crippen LogP) is 5.82. The van der Waals surface area contributed by atoms with E-state index >= 15 is 0 Å². The Kier molecular flexibility index (Phi) is 8.24. The van der Waals surface area contributed by atoms with Crippen LogP contribution in [0.2, 0.25) is 18.1 Å². The number of nitrogen functional groups attached to an aromatic ring is 1. The van der Waals surface area contributed by atoms with E-state index in [0.717, 1.165) is 12.5 Å². The zero-order chi connectivity index (χ0) is 30.4. The topological polar surface area (TPSA) is 93.2 Å². The summed E-state index contributed by atoms with van der Waals surface area (Å²) in [6.45, 7) is 16.7. The minimum absolute atomic E-state index is 0.00662. The van der Waals surface area contributed by atoms with E-state index in [2.05, 4.69) is 54.0 Å². The van der Waals surface area contributed by atoms with Crippen molar-refractivity contribution in [2.24, 2.45) is 0 Å². The van der Waals surface area contributed by atoms with Crippen LogP contribution in [0, 0.1) is 6.92 Å². The van der Waals surface area contributed by atoms with Crippen LogP contribution in [0.4, 0.5) is 36.2 Å². The van der Waals surface area contributed by atoms with Gasteiger partial charge in [-0.1, -0.05) is 26.8 Å². The van der Waals surface area contributed by atoms with Gasteiger partial charge in [-0.05, 0) is 43.6 Å². The van der Waals surface area contributed by atoms with Gasteiger partial charge in [-0.3, -0.25) is 4.90 Å². The number of hydrogen-bond donors (Lipinski definition) is 2. The normalized spacial score (nSPS) is 19.2. The summed E-state index contributed by atoms with van der Waals surface area (Å²) >= 11 is 0. The molecule has 0 bridgehead atoms. The zero-order valence-corrected chi connectivity index (χ0v) is 26.3. The average molecular weight is 606 g/mol. The number of hydrogen-bond acceptors (Lipinski definition) is 8. The number of nitrogens with zero attached hydrogens (tertiary/aromatic N) is 5. The second-order valence-electron chi connectivity index (χ2n) is 12.8. The fourth-order valence-electron chi connectivity index (χ4n) is 5.35. The van der Waals surface area contributed by atoms with Crippen LogP contribution in [0.1, 0.15) is 44.0 Å². The van der Waals surface area contributed by atoms with Gasteiger partial charge in [-0.2, -0.15) is 17.7 Å². The molecule has 0 radical (unpaired) electrons.